The zero-order valence-electron chi connectivity index (χ0n) is 17.9. The number of cyclic esters (lactones) is 1. The summed E-state index contributed by atoms with van der Waals surface area (Å²) in [4.78, 5) is 13.6. The third-order valence-electron chi connectivity index (χ3n) is 6.56. The van der Waals surface area contributed by atoms with Crippen molar-refractivity contribution in [2.24, 2.45) is 0 Å². The second-order valence-corrected chi connectivity index (χ2v) is 8.53. The van der Waals surface area contributed by atoms with Crippen LogP contribution in [0.25, 0.3) is 5.57 Å². The molecule has 0 radical (unpaired) electrons. The van der Waals surface area contributed by atoms with Crippen LogP contribution in [0.1, 0.15) is 48.8 Å². The van der Waals surface area contributed by atoms with Crippen LogP contribution in [-0.4, -0.2) is 16.7 Å². The van der Waals surface area contributed by atoms with E-state index in [4.69, 9.17) is 9.47 Å². The predicted molar refractivity (Wildman–Crippen MR) is 122 cm³/mol. The van der Waals surface area contributed by atoms with E-state index in [0.717, 1.165) is 30.4 Å². The van der Waals surface area contributed by atoms with Crippen molar-refractivity contribution in [3.05, 3.63) is 114 Å². The van der Waals surface area contributed by atoms with Crippen LogP contribution in [0.2, 0.25) is 0 Å². The lowest BCUT2D eigenvalue weighted by Gasteiger charge is -2.43. The highest BCUT2D eigenvalue weighted by atomic mass is 16.8. The van der Waals surface area contributed by atoms with Crippen molar-refractivity contribution in [1.82, 2.24) is 0 Å². The van der Waals surface area contributed by atoms with Gasteiger partial charge in [-0.1, -0.05) is 110 Å². The zero-order valence-corrected chi connectivity index (χ0v) is 17.9. The van der Waals surface area contributed by atoms with E-state index >= 15 is 0 Å². The Hall–Kier alpha value is -3.37. The third kappa shape index (κ3) is 3.32. The third-order valence-corrected chi connectivity index (χ3v) is 6.56. The van der Waals surface area contributed by atoms with E-state index in [1.807, 2.05) is 91.0 Å². The van der Waals surface area contributed by atoms with Gasteiger partial charge in [-0.05, 0) is 24.0 Å². The monoisotopic (exact) mass is 426 g/mol. The minimum atomic E-state index is -1.60. The van der Waals surface area contributed by atoms with Crippen molar-refractivity contribution in [1.29, 1.82) is 0 Å². The Bertz CT molecular complexity index is 1070. The van der Waals surface area contributed by atoms with Crippen molar-refractivity contribution in [2.75, 3.05) is 0 Å². The molecule has 2 fully saturated rings. The number of esters is 1. The van der Waals surface area contributed by atoms with Crippen LogP contribution in [0.15, 0.2) is 96.9 Å². The fourth-order valence-electron chi connectivity index (χ4n) is 4.96. The molecule has 1 aliphatic carbocycles. The van der Waals surface area contributed by atoms with Gasteiger partial charge >= 0.3 is 5.97 Å². The molecule has 1 N–H and O–H groups in total. The number of rotatable bonds is 4. The maximum atomic E-state index is 13.6. The summed E-state index contributed by atoms with van der Waals surface area (Å²) in [5.74, 6) is -0.428. The van der Waals surface area contributed by atoms with E-state index < -0.39 is 17.2 Å². The molecule has 1 saturated heterocycles. The molecule has 3 aromatic carbocycles. The first kappa shape index (κ1) is 20.5. The molecule has 2 aliphatic rings. The molecule has 3 aromatic rings. The van der Waals surface area contributed by atoms with E-state index in [9.17, 15) is 9.90 Å². The topological polar surface area (TPSA) is 55.8 Å². The smallest absolute Gasteiger partial charge is 0.366 e. The summed E-state index contributed by atoms with van der Waals surface area (Å²) in [6.45, 7) is 0. The molecule has 1 aliphatic heterocycles. The van der Waals surface area contributed by atoms with Crippen molar-refractivity contribution >= 4 is 11.5 Å². The highest BCUT2D eigenvalue weighted by molar-refractivity contribution is 5.90. The molecule has 0 bridgehead atoms. The van der Waals surface area contributed by atoms with Crippen molar-refractivity contribution in [3.8, 4) is 0 Å². The van der Waals surface area contributed by atoms with Gasteiger partial charge in [-0.15, -0.1) is 0 Å². The van der Waals surface area contributed by atoms with Crippen molar-refractivity contribution < 1.29 is 19.4 Å². The molecule has 1 saturated carbocycles. The minimum Gasteiger partial charge on any atom is -0.438 e. The second-order valence-electron chi connectivity index (χ2n) is 8.53. The summed E-state index contributed by atoms with van der Waals surface area (Å²) in [6, 6.07) is 28.8. The summed E-state index contributed by atoms with van der Waals surface area (Å²) in [5, 5.41) is 11.8. The van der Waals surface area contributed by atoms with E-state index in [-0.39, 0.29) is 5.95 Å². The molecular formula is C28H26O4. The standard InChI is InChI=1S/C28H26O4/c29-26-28(23-17-9-3-10-18-23,27(30)19-11-4-12-20-27)32-25(31-26)24(21-13-5-1-6-14-21)22-15-7-2-8-16-22/h1-3,5-10,13-18,30H,4,11-12,19-20H2/t28-/m1/s1. The van der Waals surface area contributed by atoms with Crippen LogP contribution in [0.4, 0.5) is 0 Å². The van der Waals surface area contributed by atoms with Gasteiger partial charge in [0.15, 0.2) is 0 Å². The zero-order chi connectivity index (χ0) is 22.0. The number of ether oxygens (including phenoxy) is 2. The Kier molecular flexibility index (Phi) is 5.32. The summed E-state index contributed by atoms with van der Waals surface area (Å²) in [6.07, 6.45) is 3.67. The lowest BCUT2D eigenvalue weighted by molar-refractivity contribution is -0.181. The second kappa shape index (κ2) is 8.29. The van der Waals surface area contributed by atoms with Crippen LogP contribution in [0, 0.1) is 0 Å². The minimum absolute atomic E-state index is 0.134. The van der Waals surface area contributed by atoms with Crippen LogP contribution in [0.5, 0.6) is 0 Å². The van der Waals surface area contributed by atoms with Crippen molar-refractivity contribution in [2.45, 2.75) is 43.3 Å². The van der Waals surface area contributed by atoms with E-state index in [2.05, 4.69) is 0 Å². The fraction of sp³-hybridized carbons (Fsp3) is 0.250. The number of carbonyl (C=O) groups excluding carboxylic acids is 1. The molecule has 0 aromatic heterocycles. The molecule has 0 spiro atoms. The van der Waals surface area contributed by atoms with Gasteiger partial charge in [0.1, 0.15) is 5.60 Å². The van der Waals surface area contributed by atoms with Crippen LogP contribution in [-0.2, 0) is 19.9 Å². The molecule has 0 unspecified atom stereocenters. The highest BCUT2D eigenvalue weighted by Crippen LogP contribution is 2.52. The fourth-order valence-corrected chi connectivity index (χ4v) is 4.96. The maximum absolute atomic E-state index is 13.6. The number of aliphatic hydroxyl groups is 1. The Morgan fingerprint density at radius 3 is 1.75 bits per heavy atom. The van der Waals surface area contributed by atoms with E-state index in [1.54, 1.807) is 0 Å². The van der Waals surface area contributed by atoms with Gasteiger partial charge in [-0.25, -0.2) is 4.79 Å². The Labute approximate surface area is 188 Å². The predicted octanol–water partition coefficient (Wildman–Crippen LogP) is 5.57. The summed E-state index contributed by atoms with van der Waals surface area (Å²) < 4.78 is 12.4. The molecule has 4 heteroatoms. The van der Waals surface area contributed by atoms with Gasteiger partial charge in [-0.2, -0.15) is 0 Å². The number of carbonyl (C=O) groups is 1. The molecule has 1 heterocycles. The molecular weight excluding hydrogens is 400 g/mol. The lowest BCUT2D eigenvalue weighted by Crippen LogP contribution is -2.56. The number of benzene rings is 3. The Morgan fingerprint density at radius 1 is 0.719 bits per heavy atom. The van der Waals surface area contributed by atoms with Crippen LogP contribution < -0.4 is 0 Å². The normalized spacial score (nSPS) is 22.2. The molecule has 1 atom stereocenters. The van der Waals surface area contributed by atoms with Gasteiger partial charge in [0.05, 0.1) is 5.57 Å². The lowest BCUT2D eigenvalue weighted by atomic mass is 9.69. The first-order valence-electron chi connectivity index (χ1n) is 11.2. The van der Waals surface area contributed by atoms with Gasteiger partial charge in [0.2, 0.25) is 0 Å². The van der Waals surface area contributed by atoms with E-state index in [0.29, 0.717) is 24.0 Å². The quantitative estimate of drug-likeness (QED) is 0.555. The van der Waals surface area contributed by atoms with Crippen molar-refractivity contribution in [3.63, 3.8) is 0 Å². The first-order chi connectivity index (χ1) is 15.6. The van der Waals surface area contributed by atoms with Gasteiger partial charge in [0.25, 0.3) is 11.5 Å². The van der Waals surface area contributed by atoms with Crippen LogP contribution >= 0.6 is 0 Å². The van der Waals surface area contributed by atoms with Crippen LogP contribution in [0.3, 0.4) is 0 Å². The van der Waals surface area contributed by atoms with E-state index in [1.165, 1.54) is 0 Å². The Morgan fingerprint density at radius 2 is 1.22 bits per heavy atom. The average molecular weight is 427 g/mol. The Balaban J connectivity index is 1.72. The SMILES string of the molecule is O=C1OC(=C(c2ccccc2)c2ccccc2)O[C@@]1(c1ccccc1)C1(O)CCCCC1. The maximum Gasteiger partial charge on any atom is 0.366 e. The molecule has 162 valence electrons. The number of hydrogen-bond donors (Lipinski definition) is 1. The first-order valence-corrected chi connectivity index (χ1v) is 11.2. The molecule has 5 rings (SSSR count). The largest absolute Gasteiger partial charge is 0.438 e. The summed E-state index contributed by atoms with van der Waals surface area (Å²) in [7, 11) is 0. The van der Waals surface area contributed by atoms with Gasteiger partial charge < -0.3 is 14.6 Å². The summed E-state index contributed by atoms with van der Waals surface area (Å²) in [5.41, 5.74) is 0.117. The molecule has 4 nitrogen and oxygen atoms in total. The molecule has 0 amide bonds. The number of hydrogen-bond acceptors (Lipinski definition) is 4. The molecule has 32 heavy (non-hydrogen) atoms. The summed E-state index contributed by atoms with van der Waals surface area (Å²) >= 11 is 0. The highest BCUT2D eigenvalue weighted by Gasteiger charge is 2.65. The van der Waals surface area contributed by atoms with Gasteiger partial charge in [-0.3, -0.25) is 0 Å². The van der Waals surface area contributed by atoms with Gasteiger partial charge in [0, 0.05) is 5.56 Å². The average Bonchev–Trinajstić information content (AvgIpc) is 3.20.